The first kappa shape index (κ1) is 11.2. The van der Waals surface area contributed by atoms with E-state index < -0.39 is 0 Å². The van der Waals surface area contributed by atoms with Gasteiger partial charge in [0.05, 0.1) is 6.07 Å². The summed E-state index contributed by atoms with van der Waals surface area (Å²) in [4.78, 5) is 11.6. The van der Waals surface area contributed by atoms with E-state index in [4.69, 9.17) is 5.26 Å². The Balaban J connectivity index is 2.86. The van der Waals surface area contributed by atoms with E-state index in [0.29, 0.717) is 0 Å². The molecule has 0 aliphatic rings. The Bertz CT molecular complexity index is 407. The van der Waals surface area contributed by atoms with Gasteiger partial charge in [0.2, 0.25) is 0 Å². The van der Waals surface area contributed by atoms with E-state index in [1.165, 1.54) is 6.08 Å². The van der Waals surface area contributed by atoms with E-state index in [1.807, 2.05) is 32.0 Å². The lowest BCUT2D eigenvalue weighted by Gasteiger charge is -2.03. The number of Topliss-reactive ketones (excluding diaryl/α,β-unsaturated/α-hetero) is 1. The van der Waals surface area contributed by atoms with Gasteiger partial charge in [-0.25, -0.2) is 0 Å². The molecule has 1 aromatic carbocycles. The number of rotatable bonds is 3. The SMILES string of the molecule is CC(C)C(=O)c1ccc(C=CC#N)cc1. The smallest absolute Gasteiger partial charge is 0.165 e. The zero-order chi connectivity index (χ0) is 11.3. The average molecular weight is 199 g/mol. The number of carbonyl (C=O) groups is 1. The van der Waals surface area contributed by atoms with Gasteiger partial charge in [-0.1, -0.05) is 38.1 Å². The Kier molecular flexibility index (Phi) is 3.82. The number of nitriles is 1. The van der Waals surface area contributed by atoms with E-state index in [2.05, 4.69) is 0 Å². The van der Waals surface area contributed by atoms with Gasteiger partial charge in [0.25, 0.3) is 0 Å². The maximum Gasteiger partial charge on any atom is 0.165 e. The van der Waals surface area contributed by atoms with Crippen LogP contribution in [0.15, 0.2) is 30.3 Å². The second-order valence-corrected chi connectivity index (χ2v) is 3.60. The van der Waals surface area contributed by atoms with Crippen molar-refractivity contribution < 1.29 is 4.79 Å². The van der Waals surface area contributed by atoms with E-state index >= 15 is 0 Å². The molecule has 2 nitrogen and oxygen atoms in total. The van der Waals surface area contributed by atoms with Crippen molar-refractivity contribution in [3.8, 4) is 6.07 Å². The van der Waals surface area contributed by atoms with Crippen LogP contribution >= 0.6 is 0 Å². The standard InChI is InChI=1S/C13H13NO/c1-10(2)13(15)12-7-5-11(6-8-12)4-3-9-14/h3-8,10H,1-2H3. The highest BCUT2D eigenvalue weighted by Gasteiger charge is 2.08. The predicted octanol–water partition coefficient (Wildman–Crippen LogP) is 3.06. The molecule has 0 unspecified atom stereocenters. The van der Waals surface area contributed by atoms with Crippen molar-refractivity contribution in [3.05, 3.63) is 41.5 Å². The van der Waals surface area contributed by atoms with Crippen LogP contribution in [-0.4, -0.2) is 5.78 Å². The molecule has 0 fully saturated rings. The van der Waals surface area contributed by atoms with E-state index in [-0.39, 0.29) is 11.7 Å². The van der Waals surface area contributed by atoms with Crippen LogP contribution in [0.25, 0.3) is 6.08 Å². The highest BCUT2D eigenvalue weighted by Crippen LogP contribution is 2.10. The van der Waals surface area contributed by atoms with Crippen molar-refractivity contribution in [2.45, 2.75) is 13.8 Å². The molecular formula is C13H13NO. The molecule has 0 spiro atoms. The van der Waals surface area contributed by atoms with Gasteiger partial charge in [-0.15, -0.1) is 0 Å². The third kappa shape index (κ3) is 3.07. The minimum absolute atomic E-state index is 0.0190. The molecule has 0 saturated carbocycles. The van der Waals surface area contributed by atoms with Crippen LogP contribution in [0.5, 0.6) is 0 Å². The van der Waals surface area contributed by atoms with Crippen LogP contribution in [0.3, 0.4) is 0 Å². The molecule has 0 aromatic heterocycles. The van der Waals surface area contributed by atoms with Gasteiger partial charge in [-0.2, -0.15) is 5.26 Å². The second-order valence-electron chi connectivity index (χ2n) is 3.60. The minimum atomic E-state index is 0.0190. The van der Waals surface area contributed by atoms with E-state index in [1.54, 1.807) is 18.2 Å². The first-order valence-corrected chi connectivity index (χ1v) is 4.85. The summed E-state index contributed by atoms with van der Waals surface area (Å²) in [5, 5.41) is 8.35. The normalized spacial score (nSPS) is 10.5. The fourth-order valence-electron chi connectivity index (χ4n) is 1.23. The fraction of sp³-hybridized carbons (Fsp3) is 0.231. The summed E-state index contributed by atoms with van der Waals surface area (Å²) in [5.74, 6) is 0.163. The monoisotopic (exact) mass is 199 g/mol. The lowest BCUT2D eigenvalue weighted by molar-refractivity contribution is 0.0939. The topological polar surface area (TPSA) is 40.9 Å². The van der Waals surface area contributed by atoms with Crippen LogP contribution in [0.1, 0.15) is 29.8 Å². The van der Waals surface area contributed by atoms with E-state index in [0.717, 1.165) is 11.1 Å². The van der Waals surface area contributed by atoms with E-state index in [9.17, 15) is 4.79 Å². The van der Waals surface area contributed by atoms with Gasteiger partial charge in [-0.3, -0.25) is 4.79 Å². The van der Waals surface area contributed by atoms with Crippen molar-refractivity contribution in [3.63, 3.8) is 0 Å². The Morgan fingerprint density at radius 1 is 1.33 bits per heavy atom. The number of hydrogen-bond donors (Lipinski definition) is 0. The second kappa shape index (κ2) is 5.11. The predicted molar refractivity (Wildman–Crippen MR) is 60.3 cm³/mol. The van der Waals surface area contributed by atoms with Crippen molar-refractivity contribution in [1.29, 1.82) is 5.26 Å². The minimum Gasteiger partial charge on any atom is -0.294 e. The molecule has 0 atom stereocenters. The number of allylic oxidation sites excluding steroid dienone is 1. The van der Waals surface area contributed by atoms with Crippen LogP contribution in [0.2, 0.25) is 0 Å². The highest BCUT2D eigenvalue weighted by atomic mass is 16.1. The Hall–Kier alpha value is -1.88. The maximum atomic E-state index is 11.6. The van der Waals surface area contributed by atoms with Crippen molar-refractivity contribution in [2.75, 3.05) is 0 Å². The van der Waals surface area contributed by atoms with Gasteiger partial charge in [0, 0.05) is 17.6 Å². The molecule has 15 heavy (non-hydrogen) atoms. The molecule has 76 valence electrons. The third-order valence-corrected chi connectivity index (χ3v) is 2.07. The van der Waals surface area contributed by atoms with Crippen molar-refractivity contribution in [1.82, 2.24) is 0 Å². The van der Waals surface area contributed by atoms with Gasteiger partial charge in [0.1, 0.15) is 0 Å². The zero-order valence-corrected chi connectivity index (χ0v) is 8.90. The Morgan fingerprint density at radius 3 is 2.40 bits per heavy atom. The molecule has 0 amide bonds. The molecule has 0 saturated heterocycles. The van der Waals surface area contributed by atoms with Crippen LogP contribution in [0.4, 0.5) is 0 Å². The van der Waals surface area contributed by atoms with Gasteiger partial charge in [-0.05, 0) is 11.6 Å². The molecule has 1 aromatic rings. The molecule has 1 rings (SSSR count). The zero-order valence-electron chi connectivity index (χ0n) is 8.90. The Labute approximate surface area is 89.9 Å². The Morgan fingerprint density at radius 2 is 1.93 bits per heavy atom. The van der Waals surface area contributed by atoms with Gasteiger partial charge >= 0.3 is 0 Å². The first-order valence-electron chi connectivity index (χ1n) is 4.85. The van der Waals surface area contributed by atoms with Gasteiger partial charge < -0.3 is 0 Å². The summed E-state index contributed by atoms with van der Waals surface area (Å²) in [6.45, 7) is 3.76. The average Bonchev–Trinajstić information content (AvgIpc) is 2.26. The number of benzene rings is 1. The van der Waals surface area contributed by atoms with Crippen LogP contribution in [0, 0.1) is 17.2 Å². The van der Waals surface area contributed by atoms with Crippen LogP contribution in [-0.2, 0) is 0 Å². The summed E-state index contributed by atoms with van der Waals surface area (Å²) in [7, 11) is 0. The number of ketones is 1. The summed E-state index contributed by atoms with van der Waals surface area (Å²) in [6, 6.07) is 9.18. The van der Waals surface area contributed by atoms with Gasteiger partial charge in [0.15, 0.2) is 5.78 Å². The molecule has 0 N–H and O–H groups in total. The summed E-state index contributed by atoms with van der Waals surface area (Å²) in [6.07, 6.45) is 3.13. The summed E-state index contributed by atoms with van der Waals surface area (Å²) < 4.78 is 0. The fourth-order valence-corrected chi connectivity index (χ4v) is 1.23. The number of hydrogen-bond acceptors (Lipinski definition) is 2. The quantitative estimate of drug-likeness (QED) is 0.554. The molecule has 0 aliphatic carbocycles. The van der Waals surface area contributed by atoms with Crippen molar-refractivity contribution >= 4 is 11.9 Å². The molecule has 0 heterocycles. The molecule has 0 bridgehead atoms. The summed E-state index contributed by atoms with van der Waals surface area (Å²) >= 11 is 0. The third-order valence-electron chi connectivity index (χ3n) is 2.07. The highest BCUT2D eigenvalue weighted by molar-refractivity contribution is 5.97. The molecule has 0 aliphatic heterocycles. The molecule has 0 radical (unpaired) electrons. The number of carbonyl (C=O) groups excluding carboxylic acids is 1. The molecule has 2 heteroatoms. The lowest BCUT2D eigenvalue weighted by Crippen LogP contribution is -2.06. The summed E-state index contributed by atoms with van der Waals surface area (Å²) in [5.41, 5.74) is 1.65. The first-order chi connectivity index (χ1) is 7.15. The lowest BCUT2D eigenvalue weighted by atomic mass is 10.00. The maximum absolute atomic E-state index is 11.6. The van der Waals surface area contributed by atoms with Crippen LogP contribution < -0.4 is 0 Å². The number of nitrogens with zero attached hydrogens (tertiary/aromatic N) is 1. The van der Waals surface area contributed by atoms with Crippen molar-refractivity contribution in [2.24, 2.45) is 5.92 Å². The largest absolute Gasteiger partial charge is 0.294 e. The molecular weight excluding hydrogens is 186 g/mol.